The van der Waals surface area contributed by atoms with E-state index in [-0.39, 0.29) is 0 Å². The highest BCUT2D eigenvalue weighted by atomic mass is 35.5. The van der Waals surface area contributed by atoms with E-state index in [9.17, 15) is 4.79 Å². The predicted octanol–water partition coefficient (Wildman–Crippen LogP) is -0.241. The Morgan fingerprint density at radius 2 is 2.38 bits per heavy atom. The molecule has 46 valence electrons. The van der Waals surface area contributed by atoms with Crippen molar-refractivity contribution < 1.29 is 10.0 Å². The molecule has 2 N–H and O–H groups in total. The van der Waals surface area contributed by atoms with Gasteiger partial charge in [0.2, 0.25) is 5.17 Å². The topological polar surface area (TPSA) is 61.7 Å². The quantitative estimate of drug-likeness (QED) is 0.297. The molecule has 0 aliphatic rings. The number of amides is 1. The van der Waals surface area contributed by atoms with E-state index >= 15 is 0 Å². The molecule has 4 nitrogen and oxygen atoms in total. The Morgan fingerprint density at radius 1 is 1.88 bits per heavy atom. The lowest BCUT2D eigenvalue weighted by Crippen LogP contribution is -2.23. The number of nitrogens with zero attached hydrogens (tertiary/aromatic N) is 1. The van der Waals surface area contributed by atoms with Crippen molar-refractivity contribution in [3.8, 4) is 0 Å². The smallest absolute Gasteiger partial charge is 0.284 e. The summed E-state index contributed by atoms with van der Waals surface area (Å²) in [5, 5.41) is 11.9. The number of nitrogens with one attached hydrogen (secondary N) is 1. The number of halogens is 1. The fourth-order valence-corrected chi connectivity index (χ4v) is 0.243. The van der Waals surface area contributed by atoms with Crippen LogP contribution in [0.15, 0.2) is 5.16 Å². The highest BCUT2D eigenvalue weighted by Gasteiger charge is 2.03. The first kappa shape index (κ1) is 7.23. The van der Waals surface area contributed by atoms with Crippen molar-refractivity contribution in [3.63, 3.8) is 0 Å². The average molecular weight is 137 g/mol. The zero-order valence-corrected chi connectivity index (χ0v) is 4.94. The van der Waals surface area contributed by atoms with E-state index in [0.717, 1.165) is 0 Å². The van der Waals surface area contributed by atoms with E-state index in [1.54, 1.807) is 0 Å². The molecule has 0 bridgehead atoms. The summed E-state index contributed by atoms with van der Waals surface area (Å²) in [6, 6.07) is 0. The molecule has 0 heterocycles. The van der Waals surface area contributed by atoms with Crippen molar-refractivity contribution in [1.29, 1.82) is 0 Å². The Labute approximate surface area is 51.1 Å². The van der Waals surface area contributed by atoms with Gasteiger partial charge in [0.1, 0.15) is 0 Å². The Kier molecular flexibility index (Phi) is 2.95. The molecule has 0 saturated heterocycles. The van der Waals surface area contributed by atoms with Crippen molar-refractivity contribution in [3.05, 3.63) is 0 Å². The molecule has 0 radical (unpaired) electrons. The van der Waals surface area contributed by atoms with Crippen LogP contribution in [0.4, 0.5) is 0 Å². The third kappa shape index (κ3) is 1.79. The maximum atomic E-state index is 10.2. The van der Waals surface area contributed by atoms with Crippen LogP contribution in [0.5, 0.6) is 0 Å². The van der Waals surface area contributed by atoms with Gasteiger partial charge in [-0.3, -0.25) is 4.79 Å². The van der Waals surface area contributed by atoms with E-state index in [4.69, 9.17) is 16.8 Å². The maximum absolute atomic E-state index is 10.2. The van der Waals surface area contributed by atoms with E-state index < -0.39 is 11.1 Å². The normalized spacial score (nSPS) is 11.0. The second-order valence-corrected chi connectivity index (χ2v) is 1.33. The van der Waals surface area contributed by atoms with Crippen molar-refractivity contribution >= 4 is 22.7 Å². The molecule has 0 rings (SSSR count). The second kappa shape index (κ2) is 3.26. The Morgan fingerprint density at radius 3 is 2.50 bits per heavy atom. The van der Waals surface area contributed by atoms with E-state index in [1.807, 2.05) is 0 Å². The third-order valence-corrected chi connectivity index (χ3v) is 0.749. The standard InChI is InChI=1S/C3H5ClN2O2/c1-5-3(7)2(4)6-8/h8H,1H3,(H,5,7). The Hall–Kier alpha value is -0.770. The van der Waals surface area contributed by atoms with Crippen LogP contribution < -0.4 is 5.32 Å². The minimum atomic E-state index is -0.603. The fraction of sp³-hybridized carbons (Fsp3) is 0.333. The number of rotatable bonds is 1. The van der Waals surface area contributed by atoms with E-state index in [0.29, 0.717) is 0 Å². The van der Waals surface area contributed by atoms with Crippen LogP contribution in [0.3, 0.4) is 0 Å². The number of carbonyl (C=O) groups is 1. The zero-order valence-electron chi connectivity index (χ0n) is 4.18. The van der Waals surface area contributed by atoms with Crippen LogP contribution in [-0.2, 0) is 4.79 Å². The van der Waals surface area contributed by atoms with Gasteiger partial charge in [0.05, 0.1) is 0 Å². The highest BCUT2D eigenvalue weighted by molar-refractivity contribution is 6.82. The van der Waals surface area contributed by atoms with Gasteiger partial charge in [-0.2, -0.15) is 0 Å². The molecule has 0 aromatic heterocycles. The molecule has 0 aliphatic heterocycles. The summed E-state index contributed by atoms with van der Waals surface area (Å²) in [7, 11) is 1.38. The van der Waals surface area contributed by atoms with Crippen LogP contribution in [-0.4, -0.2) is 23.3 Å². The minimum Gasteiger partial charge on any atom is -0.409 e. The second-order valence-electron chi connectivity index (χ2n) is 0.970. The van der Waals surface area contributed by atoms with Gasteiger partial charge < -0.3 is 10.5 Å². The lowest BCUT2D eigenvalue weighted by Gasteiger charge is -1.89. The minimum absolute atomic E-state index is 0.465. The molecule has 1 amide bonds. The molecule has 0 aromatic carbocycles. The maximum Gasteiger partial charge on any atom is 0.284 e. The van der Waals surface area contributed by atoms with Crippen molar-refractivity contribution in [2.45, 2.75) is 0 Å². The molecule has 0 aromatic rings. The van der Waals surface area contributed by atoms with Crippen LogP contribution in [0.1, 0.15) is 0 Å². The Bertz CT molecular complexity index is 122. The van der Waals surface area contributed by atoms with Crippen LogP contribution in [0.2, 0.25) is 0 Å². The molecule has 0 aliphatic carbocycles. The SMILES string of the molecule is CNC(=O)C(Cl)=NO. The lowest BCUT2D eigenvalue weighted by atomic mass is 10.7. The number of carbonyl (C=O) groups excluding carboxylic acids is 1. The first-order valence-electron chi connectivity index (χ1n) is 1.82. The number of oxime groups is 1. The van der Waals surface area contributed by atoms with Gasteiger partial charge in [0.15, 0.2) is 0 Å². The lowest BCUT2D eigenvalue weighted by molar-refractivity contribution is -0.114. The predicted molar refractivity (Wildman–Crippen MR) is 29.1 cm³/mol. The van der Waals surface area contributed by atoms with Crippen molar-refractivity contribution in [1.82, 2.24) is 5.32 Å². The molecular weight excluding hydrogens is 131 g/mol. The zero-order chi connectivity index (χ0) is 6.57. The summed E-state index contributed by atoms with van der Waals surface area (Å²) in [5.41, 5.74) is 0. The van der Waals surface area contributed by atoms with E-state index in [2.05, 4.69) is 10.5 Å². The number of hydrogen-bond donors (Lipinski definition) is 2. The first-order valence-corrected chi connectivity index (χ1v) is 2.19. The number of hydrogen-bond acceptors (Lipinski definition) is 3. The van der Waals surface area contributed by atoms with Gasteiger partial charge in [-0.25, -0.2) is 0 Å². The summed E-state index contributed by atoms with van der Waals surface area (Å²) >= 11 is 5.00. The van der Waals surface area contributed by atoms with Crippen LogP contribution in [0, 0.1) is 0 Å². The molecule has 5 heteroatoms. The summed E-state index contributed by atoms with van der Waals surface area (Å²) < 4.78 is 0. The molecule has 0 spiro atoms. The highest BCUT2D eigenvalue weighted by Crippen LogP contribution is 1.81. The molecular formula is C3H5ClN2O2. The molecule has 8 heavy (non-hydrogen) atoms. The summed E-state index contributed by atoms with van der Waals surface area (Å²) in [4.78, 5) is 10.2. The summed E-state index contributed by atoms with van der Waals surface area (Å²) in [5.74, 6) is -0.603. The fourth-order valence-electron chi connectivity index (χ4n) is 0.149. The summed E-state index contributed by atoms with van der Waals surface area (Å²) in [6.07, 6.45) is 0. The average Bonchev–Trinajstić information content (AvgIpc) is 1.84. The monoisotopic (exact) mass is 136 g/mol. The first-order chi connectivity index (χ1) is 3.72. The summed E-state index contributed by atoms with van der Waals surface area (Å²) in [6.45, 7) is 0. The van der Waals surface area contributed by atoms with Crippen LogP contribution >= 0.6 is 11.6 Å². The molecule has 0 unspecified atom stereocenters. The van der Waals surface area contributed by atoms with Crippen molar-refractivity contribution in [2.75, 3.05) is 7.05 Å². The Balaban J connectivity index is 3.83. The van der Waals surface area contributed by atoms with Gasteiger partial charge in [-0.1, -0.05) is 16.8 Å². The molecule has 0 fully saturated rings. The van der Waals surface area contributed by atoms with Gasteiger partial charge in [-0.05, 0) is 0 Å². The van der Waals surface area contributed by atoms with E-state index in [1.165, 1.54) is 7.05 Å². The molecule has 0 atom stereocenters. The third-order valence-electron chi connectivity index (χ3n) is 0.502. The molecule has 0 saturated carbocycles. The van der Waals surface area contributed by atoms with Gasteiger partial charge in [0.25, 0.3) is 5.91 Å². The van der Waals surface area contributed by atoms with Gasteiger partial charge in [-0.15, -0.1) is 0 Å². The largest absolute Gasteiger partial charge is 0.409 e. The van der Waals surface area contributed by atoms with Gasteiger partial charge in [0, 0.05) is 7.05 Å². The van der Waals surface area contributed by atoms with Gasteiger partial charge >= 0.3 is 0 Å². The van der Waals surface area contributed by atoms with Crippen LogP contribution in [0.25, 0.3) is 0 Å². The van der Waals surface area contributed by atoms with Crippen molar-refractivity contribution in [2.24, 2.45) is 5.16 Å².